The lowest BCUT2D eigenvalue weighted by Gasteiger charge is -2.16. The molecule has 3 aromatic rings. The van der Waals surface area contributed by atoms with E-state index < -0.39 is 26.9 Å². The fraction of sp³-hybridized carbons (Fsp3) is 0.182. The van der Waals surface area contributed by atoms with E-state index in [1.807, 2.05) is 30.3 Å². The average molecular weight is 461 g/mol. The molecule has 0 bridgehead atoms. The molecule has 2 amide bonds. The minimum Gasteiger partial charge on any atom is -0.468 e. The van der Waals surface area contributed by atoms with Gasteiger partial charge in [0, 0.05) is 18.1 Å². The van der Waals surface area contributed by atoms with Crippen molar-refractivity contribution < 1.29 is 22.4 Å². The van der Waals surface area contributed by atoms with E-state index in [2.05, 4.69) is 10.6 Å². The number of benzene rings is 2. The van der Waals surface area contributed by atoms with E-state index in [9.17, 15) is 18.0 Å². The molecule has 1 heterocycles. The van der Waals surface area contributed by atoms with Gasteiger partial charge in [0.15, 0.2) is 9.84 Å². The summed E-state index contributed by atoms with van der Waals surface area (Å²) in [7, 11) is -3.91. The SMILES string of the molecule is O=C(NCCc1ccccc1)C(=O)NC[C@@H](c1ccco1)S(=O)(=O)c1ccc(Cl)cc1. The minimum atomic E-state index is -3.91. The first-order valence-corrected chi connectivity index (χ1v) is 11.4. The van der Waals surface area contributed by atoms with E-state index in [1.165, 1.54) is 36.6 Å². The van der Waals surface area contributed by atoms with Crippen LogP contribution in [0.1, 0.15) is 16.6 Å². The van der Waals surface area contributed by atoms with Crippen LogP contribution in [0.2, 0.25) is 5.02 Å². The largest absolute Gasteiger partial charge is 0.468 e. The highest BCUT2D eigenvalue weighted by Gasteiger charge is 2.32. The van der Waals surface area contributed by atoms with Crippen molar-refractivity contribution in [1.29, 1.82) is 0 Å². The second-order valence-electron chi connectivity index (χ2n) is 6.70. The number of rotatable bonds is 8. The van der Waals surface area contributed by atoms with Crippen molar-refractivity contribution in [2.24, 2.45) is 0 Å². The summed E-state index contributed by atoms with van der Waals surface area (Å²) in [6, 6.07) is 18.3. The second kappa shape index (κ2) is 10.3. The number of nitrogens with one attached hydrogen (secondary N) is 2. The number of hydrogen-bond donors (Lipinski definition) is 2. The molecule has 162 valence electrons. The van der Waals surface area contributed by atoms with Crippen molar-refractivity contribution in [3.8, 4) is 0 Å². The number of carbonyl (C=O) groups excluding carboxylic acids is 2. The second-order valence-corrected chi connectivity index (χ2v) is 9.27. The molecule has 0 aliphatic carbocycles. The maximum Gasteiger partial charge on any atom is 0.309 e. The van der Waals surface area contributed by atoms with Gasteiger partial charge in [-0.15, -0.1) is 0 Å². The highest BCUT2D eigenvalue weighted by atomic mass is 35.5. The first kappa shape index (κ1) is 22.6. The topological polar surface area (TPSA) is 105 Å². The lowest BCUT2D eigenvalue weighted by molar-refractivity contribution is -0.139. The van der Waals surface area contributed by atoms with Crippen LogP contribution in [0.5, 0.6) is 0 Å². The standard InChI is InChI=1S/C22H21ClN2O5S/c23-17-8-10-18(11-9-17)31(28,29)20(19-7-4-14-30-19)15-25-22(27)21(26)24-13-12-16-5-2-1-3-6-16/h1-11,14,20H,12-13,15H2,(H,24,26)(H,25,27)/t20-/m0/s1. The molecule has 0 aliphatic rings. The Labute approximate surface area is 185 Å². The minimum absolute atomic E-state index is 0.0276. The zero-order valence-electron chi connectivity index (χ0n) is 16.5. The molecule has 2 N–H and O–H groups in total. The maximum absolute atomic E-state index is 13.1. The summed E-state index contributed by atoms with van der Waals surface area (Å²) in [6.45, 7) is -0.0512. The van der Waals surface area contributed by atoms with Crippen LogP contribution in [0.4, 0.5) is 0 Å². The molecule has 0 aliphatic heterocycles. The van der Waals surface area contributed by atoms with Crippen molar-refractivity contribution in [2.75, 3.05) is 13.1 Å². The summed E-state index contributed by atoms with van der Waals surface area (Å²) >= 11 is 5.84. The van der Waals surface area contributed by atoms with Crippen molar-refractivity contribution in [1.82, 2.24) is 10.6 Å². The van der Waals surface area contributed by atoms with Gasteiger partial charge in [-0.3, -0.25) is 9.59 Å². The third-order valence-electron chi connectivity index (χ3n) is 4.57. The quantitative estimate of drug-likeness (QED) is 0.503. The maximum atomic E-state index is 13.1. The van der Waals surface area contributed by atoms with Gasteiger partial charge < -0.3 is 15.1 Å². The van der Waals surface area contributed by atoms with Crippen LogP contribution in [0, 0.1) is 0 Å². The van der Waals surface area contributed by atoms with Crippen LogP contribution in [0.3, 0.4) is 0 Å². The molecule has 0 fully saturated rings. The van der Waals surface area contributed by atoms with Crippen LogP contribution in [-0.2, 0) is 25.8 Å². The molecule has 9 heteroatoms. The van der Waals surface area contributed by atoms with E-state index in [-0.39, 0.29) is 23.7 Å². The van der Waals surface area contributed by atoms with Crippen LogP contribution < -0.4 is 10.6 Å². The first-order chi connectivity index (χ1) is 14.9. The molecular weight excluding hydrogens is 440 g/mol. The van der Waals surface area contributed by atoms with Gasteiger partial charge in [0.1, 0.15) is 11.0 Å². The zero-order valence-corrected chi connectivity index (χ0v) is 18.0. The van der Waals surface area contributed by atoms with Crippen molar-refractivity contribution in [2.45, 2.75) is 16.6 Å². The molecule has 0 radical (unpaired) electrons. The van der Waals surface area contributed by atoms with E-state index in [0.717, 1.165) is 5.56 Å². The highest BCUT2D eigenvalue weighted by Crippen LogP contribution is 2.29. The summed E-state index contributed by atoms with van der Waals surface area (Å²) in [5, 5.41) is 4.11. The molecule has 2 aromatic carbocycles. The molecule has 0 spiro atoms. The molecule has 0 saturated heterocycles. The Balaban J connectivity index is 1.63. The molecular formula is C22H21ClN2O5S. The molecule has 1 aromatic heterocycles. The lowest BCUT2D eigenvalue weighted by atomic mass is 10.1. The van der Waals surface area contributed by atoms with Crippen molar-refractivity contribution in [3.05, 3.63) is 89.3 Å². The van der Waals surface area contributed by atoms with Gasteiger partial charge in [-0.2, -0.15) is 0 Å². The Hall–Kier alpha value is -3.10. The first-order valence-electron chi connectivity index (χ1n) is 9.51. The Morgan fingerprint density at radius 1 is 0.903 bits per heavy atom. The molecule has 3 rings (SSSR count). The summed E-state index contributed by atoms with van der Waals surface area (Å²) in [5.41, 5.74) is 1.02. The van der Waals surface area contributed by atoms with E-state index >= 15 is 0 Å². The van der Waals surface area contributed by atoms with Crippen molar-refractivity contribution >= 4 is 33.3 Å². The molecule has 1 atom stereocenters. The Morgan fingerprint density at radius 3 is 2.23 bits per heavy atom. The van der Waals surface area contributed by atoms with Gasteiger partial charge in [0.25, 0.3) is 0 Å². The number of furan rings is 1. The summed E-state index contributed by atoms with van der Waals surface area (Å²) in [5.74, 6) is -1.60. The predicted molar refractivity (Wildman–Crippen MR) is 116 cm³/mol. The smallest absolute Gasteiger partial charge is 0.309 e. The zero-order chi connectivity index (χ0) is 22.3. The highest BCUT2D eigenvalue weighted by molar-refractivity contribution is 7.91. The third-order valence-corrected chi connectivity index (χ3v) is 6.90. The van der Waals surface area contributed by atoms with Gasteiger partial charge in [-0.25, -0.2) is 8.42 Å². The predicted octanol–water partition coefficient (Wildman–Crippen LogP) is 2.92. The Kier molecular flexibility index (Phi) is 7.49. The normalized spacial score (nSPS) is 12.2. The average Bonchev–Trinajstić information content (AvgIpc) is 3.29. The third kappa shape index (κ3) is 5.96. The van der Waals surface area contributed by atoms with Crippen LogP contribution in [0.15, 0.2) is 82.3 Å². The number of sulfone groups is 1. The summed E-state index contributed by atoms with van der Waals surface area (Å²) in [4.78, 5) is 24.3. The number of halogens is 1. The van der Waals surface area contributed by atoms with Gasteiger partial charge in [-0.1, -0.05) is 41.9 Å². The van der Waals surface area contributed by atoms with E-state index in [0.29, 0.717) is 11.4 Å². The molecule has 31 heavy (non-hydrogen) atoms. The Bertz CT molecular complexity index is 1110. The van der Waals surface area contributed by atoms with E-state index in [1.54, 1.807) is 6.07 Å². The van der Waals surface area contributed by atoms with Crippen LogP contribution >= 0.6 is 11.6 Å². The van der Waals surface area contributed by atoms with Crippen molar-refractivity contribution in [3.63, 3.8) is 0 Å². The molecule has 0 saturated carbocycles. The summed E-state index contributed by atoms with van der Waals surface area (Å²) < 4.78 is 31.5. The number of carbonyl (C=O) groups is 2. The lowest BCUT2D eigenvalue weighted by Crippen LogP contribution is -2.42. The van der Waals surface area contributed by atoms with E-state index in [4.69, 9.17) is 16.0 Å². The van der Waals surface area contributed by atoms with Gasteiger partial charge in [0.2, 0.25) is 0 Å². The van der Waals surface area contributed by atoms with Gasteiger partial charge >= 0.3 is 11.8 Å². The Morgan fingerprint density at radius 2 is 1.58 bits per heavy atom. The monoisotopic (exact) mass is 460 g/mol. The fourth-order valence-corrected chi connectivity index (χ4v) is 4.65. The summed E-state index contributed by atoms with van der Waals surface area (Å²) in [6.07, 6.45) is 1.91. The van der Waals surface area contributed by atoms with Gasteiger partial charge in [-0.05, 0) is 48.4 Å². The van der Waals surface area contributed by atoms with Gasteiger partial charge in [0.05, 0.1) is 11.2 Å². The molecule has 0 unspecified atom stereocenters. The molecule has 7 nitrogen and oxygen atoms in total. The van der Waals surface area contributed by atoms with Crippen LogP contribution in [-0.4, -0.2) is 33.3 Å². The number of hydrogen-bond acceptors (Lipinski definition) is 5. The van der Waals surface area contributed by atoms with Crippen LogP contribution in [0.25, 0.3) is 0 Å². The fourth-order valence-electron chi connectivity index (χ4n) is 2.94. The number of amides is 2.